The molecule has 6 heteroatoms. The van der Waals surface area contributed by atoms with Gasteiger partial charge in [0.15, 0.2) is 0 Å². The van der Waals surface area contributed by atoms with Crippen molar-refractivity contribution in [3.05, 3.63) is 55.8 Å². The normalized spacial score (nSPS) is 18.7. The maximum atomic E-state index is 12.6. The van der Waals surface area contributed by atoms with Crippen molar-refractivity contribution < 1.29 is 4.79 Å². The van der Waals surface area contributed by atoms with Crippen molar-refractivity contribution in [2.75, 3.05) is 23.3 Å². The molecule has 0 aromatic heterocycles. The summed E-state index contributed by atoms with van der Waals surface area (Å²) in [7, 11) is 0. The zero-order chi connectivity index (χ0) is 21.8. The van der Waals surface area contributed by atoms with Gasteiger partial charge in [-0.05, 0) is 49.3 Å². The van der Waals surface area contributed by atoms with Gasteiger partial charge in [0, 0.05) is 31.2 Å². The molecule has 0 unspecified atom stereocenters. The van der Waals surface area contributed by atoms with Crippen molar-refractivity contribution in [2.45, 2.75) is 70.9 Å². The van der Waals surface area contributed by atoms with E-state index in [0.717, 1.165) is 44.3 Å². The highest BCUT2D eigenvalue weighted by atomic mass is 16.2. The van der Waals surface area contributed by atoms with E-state index in [1.54, 1.807) is 0 Å². The molecule has 0 atom stereocenters. The van der Waals surface area contributed by atoms with Crippen molar-refractivity contribution in [2.24, 2.45) is 5.92 Å². The molecule has 0 bridgehead atoms. The van der Waals surface area contributed by atoms with Crippen LogP contribution in [0.5, 0.6) is 0 Å². The van der Waals surface area contributed by atoms with E-state index in [4.69, 9.17) is 0 Å². The molecule has 0 spiro atoms. The van der Waals surface area contributed by atoms with Gasteiger partial charge in [-0.15, -0.1) is 0 Å². The van der Waals surface area contributed by atoms with Crippen LogP contribution in [0.4, 0.5) is 11.4 Å². The van der Waals surface area contributed by atoms with Gasteiger partial charge >= 0.3 is 0 Å². The fraction of sp³-hybridized carbons (Fsp3) is 0.560. The van der Waals surface area contributed by atoms with E-state index in [1.807, 2.05) is 29.2 Å². The molecule has 1 aliphatic carbocycles. The Morgan fingerprint density at radius 1 is 0.935 bits per heavy atom. The van der Waals surface area contributed by atoms with Gasteiger partial charge < -0.3 is 15.5 Å². The minimum atomic E-state index is -0.423. The number of piperidine rings is 1. The van der Waals surface area contributed by atoms with Crippen molar-refractivity contribution in [3.63, 3.8) is 0 Å². The standard InChI is InChI=1S/C25H33N3O3/c1-17-12-14-28(15-13-17)22-21(23(29)24(22)30)26-16-18-8-10-19(11-9-18)25(31)27-20-6-4-2-3-5-7-20/h8-11,17,20,26H,2-7,12-16H2,1H3,(H,27,31). The Bertz CT molecular complexity index is 959. The Kier molecular flexibility index (Phi) is 6.73. The monoisotopic (exact) mass is 423 g/mol. The van der Waals surface area contributed by atoms with Crippen LogP contribution in [0.2, 0.25) is 0 Å². The first kappa shape index (κ1) is 21.6. The minimum Gasteiger partial charge on any atom is -0.376 e. The number of anilines is 2. The fourth-order valence-electron chi connectivity index (χ4n) is 4.73. The van der Waals surface area contributed by atoms with Gasteiger partial charge in [0.2, 0.25) is 0 Å². The molecular formula is C25H33N3O3. The first-order chi connectivity index (χ1) is 15.0. The maximum absolute atomic E-state index is 12.6. The van der Waals surface area contributed by atoms with Crippen LogP contribution in [0.15, 0.2) is 33.9 Å². The second-order valence-electron chi connectivity index (χ2n) is 9.26. The van der Waals surface area contributed by atoms with Crippen LogP contribution in [0.25, 0.3) is 0 Å². The molecular weight excluding hydrogens is 390 g/mol. The van der Waals surface area contributed by atoms with Gasteiger partial charge in [-0.1, -0.05) is 44.7 Å². The summed E-state index contributed by atoms with van der Waals surface area (Å²) in [6.07, 6.45) is 9.11. The fourth-order valence-corrected chi connectivity index (χ4v) is 4.73. The Labute approximate surface area is 183 Å². The smallest absolute Gasteiger partial charge is 0.253 e. The van der Waals surface area contributed by atoms with Crippen LogP contribution >= 0.6 is 0 Å². The molecule has 2 fully saturated rings. The van der Waals surface area contributed by atoms with Crippen molar-refractivity contribution in [1.29, 1.82) is 0 Å². The number of hydrogen-bond donors (Lipinski definition) is 2. The summed E-state index contributed by atoms with van der Waals surface area (Å²) in [5, 5.41) is 6.33. The van der Waals surface area contributed by atoms with Crippen LogP contribution in [0.1, 0.15) is 74.2 Å². The van der Waals surface area contributed by atoms with Crippen LogP contribution in [0, 0.1) is 5.92 Å². The largest absolute Gasteiger partial charge is 0.376 e. The molecule has 31 heavy (non-hydrogen) atoms. The molecule has 2 N–H and O–H groups in total. The van der Waals surface area contributed by atoms with Gasteiger partial charge in [0.1, 0.15) is 11.4 Å². The third-order valence-electron chi connectivity index (χ3n) is 6.86. The molecule has 1 aliphatic heterocycles. The molecule has 6 nitrogen and oxygen atoms in total. The zero-order valence-electron chi connectivity index (χ0n) is 18.4. The average molecular weight is 424 g/mol. The second-order valence-corrected chi connectivity index (χ2v) is 9.26. The molecule has 2 aromatic rings. The van der Waals surface area contributed by atoms with E-state index in [0.29, 0.717) is 29.4 Å². The number of hydrogen-bond acceptors (Lipinski definition) is 5. The number of rotatable bonds is 6. The molecule has 1 saturated heterocycles. The molecule has 1 heterocycles. The Morgan fingerprint density at radius 3 is 2.23 bits per heavy atom. The van der Waals surface area contributed by atoms with Gasteiger partial charge in [0.05, 0.1) is 0 Å². The third kappa shape index (κ3) is 5.00. The van der Waals surface area contributed by atoms with Crippen molar-refractivity contribution in [1.82, 2.24) is 5.32 Å². The topological polar surface area (TPSA) is 78.5 Å². The van der Waals surface area contributed by atoms with E-state index in [1.165, 1.54) is 25.7 Å². The molecule has 0 radical (unpaired) electrons. The number of amides is 1. The van der Waals surface area contributed by atoms with E-state index in [-0.39, 0.29) is 17.4 Å². The van der Waals surface area contributed by atoms with Gasteiger partial charge in [-0.3, -0.25) is 14.4 Å². The lowest BCUT2D eigenvalue weighted by molar-refractivity contribution is 0.0933. The average Bonchev–Trinajstić information content (AvgIpc) is 3.06. The highest BCUT2D eigenvalue weighted by Gasteiger charge is 2.28. The highest BCUT2D eigenvalue weighted by molar-refractivity contribution is 5.94. The highest BCUT2D eigenvalue weighted by Crippen LogP contribution is 2.26. The Balaban J connectivity index is 1.34. The summed E-state index contributed by atoms with van der Waals surface area (Å²) >= 11 is 0. The lowest BCUT2D eigenvalue weighted by Crippen LogP contribution is -2.45. The minimum absolute atomic E-state index is 0.0181. The second kappa shape index (κ2) is 9.67. The molecule has 4 rings (SSSR count). The summed E-state index contributed by atoms with van der Waals surface area (Å²) in [6.45, 7) is 4.32. The molecule has 2 aromatic carbocycles. The number of carbonyl (C=O) groups is 1. The first-order valence-corrected chi connectivity index (χ1v) is 11.7. The molecule has 166 valence electrons. The van der Waals surface area contributed by atoms with E-state index in [2.05, 4.69) is 17.6 Å². The summed E-state index contributed by atoms with van der Waals surface area (Å²) in [4.78, 5) is 38.8. The van der Waals surface area contributed by atoms with Gasteiger partial charge in [0.25, 0.3) is 16.8 Å². The third-order valence-corrected chi connectivity index (χ3v) is 6.86. The van der Waals surface area contributed by atoms with Gasteiger partial charge in [-0.2, -0.15) is 0 Å². The SMILES string of the molecule is CC1CCN(c2c(NCc3ccc(C(=O)NC4CCCCCC4)cc3)c(=O)c2=O)CC1. The maximum Gasteiger partial charge on any atom is 0.253 e. The summed E-state index contributed by atoms with van der Waals surface area (Å²) < 4.78 is 0. The number of nitrogens with zero attached hydrogens (tertiary/aromatic N) is 1. The Hall–Kier alpha value is -2.63. The quantitative estimate of drug-likeness (QED) is 0.548. The molecule has 1 saturated carbocycles. The predicted octanol–water partition coefficient (Wildman–Crippen LogP) is 3.58. The predicted molar refractivity (Wildman–Crippen MR) is 125 cm³/mol. The summed E-state index contributed by atoms with van der Waals surface area (Å²) in [5.74, 6) is 0.646. The van der Waals surface area contributed by atoms with E-state index in [9.17, 15) is 14.4 Å². The summed E-state index contributed by atoms with van der Waals surface area (Å²) in [5.41, 5.74) is 1.82. The van der Waals surface area contributed by atoms with E-state index >= 15 is 0 Å². The zero-order valence-corrected chi connectivity index (χ0v) is 18.4. The van der Waals surface area contributed by atoms with Crippen LogP contribution < -0.4 is 26.4 Å². The number of nitrogens with one attached hydrogen (secondary N) is 2. The van der Waals surface area contributed by atoms with Crippen LogP contribution in [0.3, 0.4) is 0 Å². The van der Waals surface area contributed by atoms with Crippen molar-refractivity contribution in [3.8, 4) is 0 Å². The summed E-state index contributed by atoms with van der Waals surface area (Å²) in [6, 6.07) is 7.75. The Morgan fingerprint density at radius 2 is 1.58 bits per heavy atom. The molecule has 2 aliphatic rings. The lowest BCUT2D eigenvalue weighted by Gasteiger charge is -2.33. The van der Waals surface area contributed by atoms with Crippen LogP contribution in [-0.4, -0.2) is 25.0 Å². The van der Waals surface area contributed by atoms with Crippen LogP contribution in [-0.2, 0) is 6.54 Å². The molecule has 1 amide bonds. The number of carbonyl (C=O) groups excluding carboxylic acids is 1. The first-order valence-electron chi connectivity index (χ1n) is 11.7. The lowest BCUT2D eigenvalue weighted by atomic mass is 9.98. The van der Waals surface area contributed by atoms with Crippen molar-refractivity contribution >= 4 is 17.3 Å². The van der Waals surface area contributed by atoms with E-state index < -0.39 is 5.43 Å². The van der Waals surface area contributed by atoms with Gasteiger partial charge in [-0.25, -0.2) is 0 Å². The number of benzene rings is 1.